The topological polar surface area (TPSA) is 29.5 Å². The van der Waals surface area contributed by atoms with Crippen LogP contribution < -0.4 is 4.74 Å². The quantitative estimate of drug-likeness (QED) is 0.783. The fraction of sp³-hybridized carbons (Fsp3) is 0.455. The lowest BCUT2D eigenvalue weighted by molar-refractivity contribution is 0.126. The Morgan fingerprint density at radius 2 is 2.07 bits per heavy atom. The highest BCUT2D eigenvalue weighted by Gasteiger charge is 2.03. The predicted octanol–water partition coefficient (Wildman–Crippen LogP) is 2.18. The van der Waals surface area contributed by atoms with Crippen LogP contribution in [-0.2, 0) is 0 Å². The summed E-state index contributed by atoms with van der Waals surface area (Å²) in [6, 6.07) is 9.56. The van der Waals surface area contributed by atoms with Gasteiger partial charge in [-0.25, -0.2) is 0 Å². The molecule has 0 aliphatic heterocycles. The minimum absolute atomic E-state index is 0.372. The van der Waals surface area contributed by atoms with Crippen LogP contribution in [0.4, 0.5) is 0 Å². The minimum atomic E-state index is -0.375. The van der Waals surface area contributed by atoms with Crippen molar-refractivity contribution in [3.8, 4) is 5.75 Å². The van der Waals surface area contributed by atoms with E-state index in [9.17, 15) is 5.11 Å². The summed E-state index contributed by atoms with van der Waals surface area (Å²) in [4.78, 5) is 0. The lowest BCUT2D eigenvalue weighted by Crippen LogP contribution is -2.20. The van der Waals surface area contributed by atoms with Gasteiger partial charge >= 0.3 is 0 Å². The van der Waals surface area contributed by atoms with Gasteiger partial charge in [0.25, 0.3) is 0 Å². The SMILES string of the molecule is CCSC[C@H](O)COc1ccccc1. The number of hydrogen-bond donors (Lipinski definition) is 1. The van der Waals surface area contributed by atoms with Gasteiger partial charge in [0.2, 0.25) is 0 Å². The average Bonchev–Trinajstić information content (AvgIpc) is 2.25. The van der Waals surface area contributed by atoms with Crippen LogP contribution in [0.15, 0.2) is 30.3 Å². The fourth-order valence-electron chi connectivity index (χ4n) is 1.01. The molecule has 0 saturated carbocycles. The molecule has 0 spiro atoms. The molecule has 0 bridgehead atoms. The van der Waals surface area contributed by atoms with E-state index in [4.69, 9.17) is 4.74 Å². The molecule has 0 aromatic heterocycles. The van der Waals surface area contributed by atoms with Crippen LogP contribution in [0.5, 0.6) is 5.75 Å². The largest absolute Gasteiger partial charge is 0.491 e. The van der Waals surface area contributed by atoms with Crippen molar-refractivity contribution >= 4 is 11.8 Å². The highest BCUT2D eigenvalue weighted by atomic mass is 32.2. The maximum Gasteiger partial charge on any atom is 0.119 e. The van der Waals surface area contributed by atoms with Crippen molar-refractivity contribution < 1.29 is 9.84 Å². The van der Waals surface area contributed by atoms with Gasteiger partial charge in [-0.15, -0.1) is 0 Å². The molecule has 0 aliphatic rings. The molecule has 14 heavy (non-hydrogen) atoms. The number of ether oxygens (including phenoxy) is 1. The molecule has 3 heteroatoms. The number of para-hydroxylation sites is 1. The highest BCUT2D eigenvalue weighted by molar-refractivity contribution is 7.99. The van der Waals surface area contributed by atoms with Gasteiger partial charge in [-0.1, -0.05) is 25.1 Å². The zero-order valence-electron chi connectivity index (χ0n) is 8.35. The first-order chi connectivity index (χ1) is 6.83. The summed E-state index contributed by atoms with van der Waals surface area (Å²) >= 11 is 1.72. The molecule has 0 fully saturated rings. The van der Waals surface area contributed by atoms with Crippen LogP contribution in [0.1, 0.15) is 6.92 Å². The molecule has 0 radical (unpaired) electrons. The van der Waals surface area contributed by atoms with Crippen LogP contribution in [0.25, 0.3) is 0 Å². The summed E-state index contributed by atoms with van der Waals surface area (Å²) in [6.07, 6.45) is -0.375. The van der Waals surface area contributed by atoms with E-state index in [1.807, 2.05) is 30.3 Å². The van der Waals surface area contributed by atoms with Crippen molar-refractivity contribution in [3.63, 3.8) is 0 Å². The summed E-state index contributed by atoms with van der Waals surface area (Å²) in [5, 5.41) is 9.50. The predicted molar refractivity (Wildman–Crippen MR) is 60.9 cm³/mol. The molecule has 1 aromatic rings. The summed E-state index contributed by atoms with van der Waals surface area (Å²) < 4.78 is 5.40. The number of thioether (sulfide) groups is 1. The highest BCUT2D eigenvalue weighted by Crippen LogP contribution is 2.09. The van der Waals surface area contributed by atoms with Gasteiger partial charge in [-0.2, -0.15) is 11.8 Å². The van der Waals surface area contributed by atoms with Gasteiger partial charge in [-0.05, 0) is 17.9 Å². The number of aliphatic hydroxyl groups is 1. The smallest absolute Gasteiger partial charge is 0.119 e. The van der Waals surface area contributed by atoms with E-state index in [0.29, 0.717) is 6.61 Å². The zero-order valence-corrected chi connectivity index (χ0v) is 9.17. The molecule has 2 nitrogen and oxygen atoms in total. The van der Waals surface area contributed by atoms with Crippen molar-refractivity contribution in [2.24, 2.45) is 0 Å². The number of benzene rings is 1. The van der Waals surface area contributed by atoms with E-state index in [2.05, 4.69) is 6.92 Å². The van der Waals surface area contributed by atoms with Gasteiger partial charge in [-0.3, -0.25) is 0 Å². The normalized spacial score (nSPS) is 12.4. The monoisotopic (exact) mass is 212 g/mol. The lowest BCUT2D eigenvalue weighted by atomic mass is 10.3. The Morgan fingerprint density at radius 1 is 1.36 bits per heavy atom. The number of rotatable bonds is 6. The van der Waals surface area contributed by atoms with E-state index in [1.54, 1.807) is 11.8 Å². The Morgan fingerprint density at radius 3 is 2.71 bits per heavy atom. The number of aliphatic hydroxyl groups excluding tert-OH is 1. The molecule has 0 heterocycles. The molecule has 0 amide bonds. The van der Waals surface area contributed by atoms with E-state index >= 15 is 0 Å². The third-order valence-electron chi connectivity index (χ3n) is 1.70. The van der Waals surface area contributed by atoms with Crippen LogP contribution in [0.3, 0.4) is 0 Å². The fourth-order valence-corrected chi connectivity index (χ4v) is 1.62. The molecule has 1 atom stereocenters. The van der Waals surface area contributed by atoms with Gasteiger partial charge in [0.1, 0.15) is 12.4 Å². The van der Waals surface area contributed by atoms with Crippen molar-refractivity contribution in [2.75, 3.05) is 18.1 Å². The third kappa shape index (κ3) is 4.53. The average molecular weight is 212 g/mol. The minimum Gasteiger partial charge on any atom is -0.491 e. The van der Waals surface area contributed by atoms with Crippen molar-refractivity contribution in [2.45, 2.75) is 13.0 Å². The molecule has 1 aromatic carbocycles. The number of hydrogen-bond acceptors (Lipinski definition) is 3. The Balaban J connectivity index is 2.20. The van der Waals surface area contributed by atoms with Gasteiger partial charge in [0.15, 0.2) is 0 Å². The first kappa shape index (κ1) is 11.4. The lowest BCUT2D eigenvalue weighted by Gasteiger charge is -2.11. The summed E-state index contributed by atoms with van der Waals surface area (Å²) in [5.74, 6) is 2.58. The Labute approximate surface area is 89.3 Å². The third-order valence-corrected chi connectivity index (χ3v) is 2.73. The second kappa shape index (κ2) is 6.74. The first-order valence-electron chi connectivity index (χ1n) is 4.76. The molecule has 0 unspecified atom stereocenters. The standard InChI is InChI=1S/C11H16O2S/c1-2-14-9-10(12)8-13-11-6-4-3-5-7-11/h3-7,10,12H,2,8-9H2,1H3/t10-/m1/s1. The molecule has 1 rings (SSSR count). The maximum atomic E-state index is 9.50. The van der Waals surface area contributed by atoms with Gasteiger partial charge < -0.3 is 9.84 Å². The molecule has 0 aliphatic carbocycles. The molecular formula is C11H16O2S. The second-order valence-corrected chi connectivity index (χ2v) is 4.26. The summed E-state index contributed by atoms with van der Waals surface area (Å²) in [7, 11) is 0. The summed E-state index contributed by atoms with van der Waals surface area (Å²) in [6.45, 7) is 2.45. The van der Waals surface area contributed by atoms with Crippen molar-refractivity contribution in [1.82, 2.24) is 0 Å². The van der Waals surface area contributed by atoms with E-state index in [-0.39, 0.29) is 6.10 Å². The molecular weight excluding hydrogens is 196 g/mol. The van der Waals surface area contributed by atoms with E-state index < -0.39 is 0 Å². The Kier molecular flexibility index (Phi) is 5.49. The Hall–Kier alpha value is -0.670. The van der Waals surface area contributed by atoms with E-state index in [0.717, 1.165) is 17.3 Å². The molecule has 78 valence electrons. The van der Waals surface area contributed by atoms with Gasteiger partial charge in [0, 0.05) is 5.75 Å². The van der Waals surface area contributed by atoms with Crippen molar-refractivity contribution in [3.05, 3.63) is 30.3 Å². The zero-order chi connectivity index (χ0) is 10.2. The van der Waals surface area contributed by atoms with Crippen LogP contribution in [-0.4, -0.2) is 29.3 Å². The molecule has 0 saturated heterocycles. The Bertz CT molecular complexity index is 238. The van der Waals surface area contributed by atoms with Gasteiger partial charge in [0.05, 0.1) is 6.10 Å². The van der Waals surface area contributed by atoms with Crippen molar-refractivity contribution in [1.29, 1.82) is 0 Å². The molecule has 1 N–H and O–H groups in total. The first-order valence-corrected chi connectivity index (χ1v) is 5.92. The second-order valence-electron chi connectivity index (χ2n) is 2.94. The van der Waals surface area contributed by atoms with E-state index in [1.165, 1.54) is 0 Å². The summed E-state index contributed by atoms with van der Waals surface area (Å²) in [5.41, 5.74) is 0. The van der Waals surface area contributed by atoms with Crippen LogP contribution in [0.2, 0.25) is 0 Å². The van der Waals surface area contributed by atoms with Crippen LogP contribution in [0, 0.1) is 0 Å². The maximum absolute atomic E-state index is 9.50. The van der Waals surface area contributed by atoms with Crippen LogP contribution >= 0.6 is 11.8 Å².